The van der Waals surface area contributed by atoms with Crippen LogP contribution >= 0.6 is 0 Å². The number of hydrazine groups is 1. The van der Waals surface area contributed by atoms with Gasteiger partial charge in [-0.25, -0.2) is 19.3 Å². The van der Waals surface area contributed by atoms with Gasteiger partial charge in [-0.05, 0) is 85.5 Å². The van der Waals surface area contributed by atoms with Crippen molar-refractivity contribution in [2.24, 2.45) is 5.84 Å². The van der Waals surface area contributed by atoms with Gasteiger partial charge in [-0.3, -0.25) is 0 Å². The number of benzene rings is 2. The highest BCUT2D eigenvalue weighted by Gasteiger charge is 2.36. The topological polar surface area (TPSA) is 101 Å². The van der Waals surface area contributed by atoms with Crippen LogP contribution < -0.4 is 26.2 Å². The third-order valence-electron chi connectivity index (χ3n) is 7.74. The Morgan fingerprint density at radius 2 is 2.00 bits per heavy atom. The Bertz CT molecular complexity index is 1380. The Hall–Kier alpha value is -3.14. The number of aryl methyl sites for hydroxylation is 1. The molecule has 1 aliphatic carbocycles. The second kappa shape index (κ2) is 10.2. The molecule has 0 bridgehead atoms. The van der Waals surface area contributed by atoms with E-state index in [0.717, 1.165) is 72.9 Å². The van der Waals surface area contributed by atoms with Crippen LogP contribution in [-0.4, -0.2) is 45.8 Å². The molecular formula is C29H36N6O2S. The van der Waals surface area contributed by atoms with Gasteiger partial charge in [-0.2, -0.15) is 0 Å². The molecule has 4 N–H and O–H groups in total. The second-order valence-corrected chi connectivity index (χ2v) is 12.2. The van der Waals surface area contributed by atoms with Crippen LogP contribution in [0.2, 0.25) is 0 Å². The maximum atomic E-state index is 13.7. The van der Waals surface area contributed by atoms with E-state index in [9.17, 15) is 4.21 Å². The molecular weight excluding hydrogens is 496 g/mol. The first-order valence-corrected chi connectivity index (χ1v) is 14.5. The number of hydrogen-bond acceptors (Lipinski definition) is 7. The third kappa shape index (κ3) is 4.98. The molecule has 0 radical (unpaired) electrons. The molecule has 38 heavy (non-hydrogen) atoms. The van der Waals surface area contributed by atoms with E-state index in [-0.39, 0.29) is 6.10 Å². The molecule has 6 rings (SSSR count). The molecule has 0 amide bonds. The molecule has 2 aliphatic heterocycles. The van der Waals surface area contributed by atoms with Crippen molar-refractivity contribution in [2.75, 3.05) is 35.8 Å². The quantitative estimate of drug-likeness (QED) is 0.270. The molecule has 3 aromatic rings. The monoisotopic (exact) mass is 532 g/mol. The van der Waals surface area contributed by atoms with Crippen molar-refractivity contribution >= 4 is 28.2 Å². The predicted molar refractivity (Wildman–Crippen MR) is 153 cm³/mol. The summed E-state index contributed by atoms with van der Waals surface area (Å²) in [5.74, 6) is 7.69. The molecule has 3 heterocycles. The predicted octanol–water partition coefficient (Wildman–Crippen LogP) is 3.92. The molecule has 2 unspecified atom stereocenters. The molecule has 2 atom stereocenters. The molecule has 0 spiro atoms. The third-order valence-corrected chi connectivity index (χ3v) is 9.18. The van der Waals surface area contributed by atoms with Crippen molar-refractivity contribution in [1.29, 1.82) is 0 Å². The van der Waals surface area contributed by atoms with Gasteiger partial charge in [-0.1, -0.05) is 18.2 Å². The normalized spacial score (nSPS) is 21.1. The maximum Gasteiger partial charge on any atom is 0.146 e. The SMILES string of the molecule is Cc1ccc(Cc2cc(N)c(N(C)N)c(OC3CC3)c2)cc1CN1CC2CCCN2c2ncccc2S1=O. The van der Waals surface area contributed by atoms with Gasteiger partial charge in [0.15, 0.2) is 0 Å². The Labute approximate surface area is 227 Å². The minimum Gasteiger partial charge on any atom is -0.488 e. The molecule has 3 aliphatic rings. The Kier molecular flexibility index (Phi) is 6.75. The zero-order chi connectivity index (χ0) is 26.4. The van der Waals surface area contributed by atoms with Gasteiger partial charge in [-0.15, -0.1) is 0 Å². The fourth-order valence-electron chi connectivity index (χ4n) is 5.66. The minimum atomic E-state index is -1.27. The van der Waals surface area contributed by atoms with E-state index in [0.29, 0.717) is 18.3 Å². The van der Waals surface area contributed by atoms with Crippen molar-refractivity contribution in [1.82, 2.24) is 9.29 Å². The summed E-state index contributed by atoms with van der Waals surface area (Å²) in [4.78, 5) is 7.79. The average molecular weight is 533 g/mol. The zero-order valence-corrected chi connectivity index (χ0v) is 22.9. The van der Waals surface area contributed by atoms with Crippen molar-refractivity contribution in [3.8, 4) is 5.75 Å². The van der Waals surface area contributed by atoms with Crippen LogP contribution in [0.25, 0.3) is 0 Å². The maximum absolute atomic E-state index is 13.7. The average Bonchev–Trinajstić information content (AvgIpc) is 3.60. The van der Waals surface area contributed by atoms with Gasteiger partial charge >= 0.3 is 0 Å². The highest BCUT2D eigenvalue weighted by molar-refractivity contribution is 7.82. The summed E-state index contributed by atoms with van der Waals surface area (Å²) in [5, 5.41) is 1.53. The van der Waals surface area contributed by atoms with E-state index in [4.69, 9.17) is 16.3 Å². The molecule has 9 heteroatoms. The summed E-state index contributed by atoms with van der Waals surface area (Å²) in [7, 11) is 0.515. The van der Waals surface area contributed by atoms with Gasteiger partial charge in [0.25, 0.3) is 0 Å². The number of pyridine rings is 1. The van der Waals surface area contributed by atoms with Crippen molar-refractivity contribution in [3.63, 3.8) is 0 Å². The molecule has 1 saturated heterocycles. The lowest BCUT2D eigenvalue weighted by Gasteiger charge is -2.26. The highest BCUT2D eigenvalue weighted by Crippen LogP contribution is 2.39. The number of nitrogens with zero attached hydrogens (tertiary/aromatic N) is 4. The first-order valence-electron chi connectivity index (χ1n) is 13.4. The van der Waals surface area contributed by atoms with Gasteiger partial charge < -0.3 is 20.4 Å². The van der Waals surface area contributed by atoms with Crippen LogP contribution in [0.3, 0.4) is 0 Å². The lowest BCUT2D eigenvalue weighted by molar-refractivity contribution is 0.303. The van der Waals surface area contributed by atoms with E-state index in [2.05, 4.69) is 45.4 Å². The zero-order valence-electron chi connectivity index (χ0n) is 22.1. The van der Waals surface area contributed by atoms with Crippen LogP contribution in [0, 0.1) is 6.92 Å². The van der Waals surface area contributed by atoms with Crippen molar-refractivity contribution in [2.45, 2.75) is 62.6 Å². The van der Waals surface area contributed by atoms with Crippen molar-refractivity contribution in [3.05, 3.63) is 70.9 Å². The number of ether oxygens (including phenoxy) is 1. The number of hydrogen-bond donors (Lipinski definition) is 2. The van der Waals surface area contributed by atoms with Crippen LogP contribution in [0.1, 0.15) is 47.9 Å². The highest BCUT2D eigenvalue weighted by atomic mass is 32.2. The number of nitrogens with two attached hydrogens (primary N) is 2. The van der Waals surface area contributed by atoms with Gasteiger partial charge in [0.2, 0.25) is 0 Å². The summed E-state index contributed by atoms with van der Waals surface area (Å²) in [5.41, 5.74) is 12.4. The Morgan fingerprint density at radius 3 is 2.79 bits per heavy atom. The van der Waals surface area contributed by atoms with Crippen LogP contribution in [0.4, 0.5) is 17.2 Å². The van der Waals surface area contributed by atoms with Crippen LogP contribution in [0.5, 0.6) is 5.75 Å². The summed E-state index contributed by atoms with van der Waals surface area (Å²) in [6, 6.07) is 14.8. The number of nitrogen functional groups attached to an aromatic ring is 1. The minimum absolute atomic E-state index is 0.250. The molecule has 200 valence electrons. The summed E-state index contributed by atoms with van der Waals surface area (Å²) < 4.78 is 22.0. The molecule has 1 saturated carbocycles. The largest absolute Gasteiger partial charge is 0.488 e. The molecule has 8 nitrogen and oxygen atoms in total. The summed E-state index contributed by atoms with van der Waals surface area (Å²) in [6.07, 6.45) is 7.15. The summed E-state index contributed by atoms with van der Waals surface area (Å²) in [6.45, 7) is 4.49. The first kappa shape index (κ1) is 25.2. The Balaban J connectivity index is 1.26. The molecule has 1 aromatic heterocycles. The van der Waals surface area contributed by atoms with Gasteiger partial charge in [0, 0.05) is 38.9 Å². The smallest absolute Gasteiger partial charge is 0.146 e. The van der Waals surface area contributed by atoms with Crippen LogP contribution in [0.15, 0.2) is 53.6 Å². The fourth-order valence-corrected chi connectivity index (χ4v) is 7.02. The first-order chi connectivity index (χ1) is 18.4. The standard InChI is InChI=1S/C29H36N6O2S/c1-19-7-8-20(13-21-15-25(30)28(33(2)31)26(16-21)37-24-9-10-24)14-22(19)17-34-18-23-5-4-12-35(23)29-27(38(34)36)6-3-11-32-29/h3,6-8,11,14-16,23-24H,4-5,9-10,12-13,17-18,30-31H2,1-2H3. The van der Waals surface area contributed by atoms with E-state index < -0.39 is 11.0 Å². The van der Waals surface area contributed by atoms with Gasteiger partial charge in [0.1, 0.15) is 28.2 Å². The van der Waals surface area contributed by atoms with Gasteiger partial charge in [0.05, 0.1) is 16.7 Å². The Morgan fingerprint density at radius 1 is 1.16 bits per heavy atom. The van der Waals surface area contributed by atoms with Crippen LogP contribution in [-0.2, 0) is 24.0 Å². The number of anilines is 3. The van der Waals surface area contributed by atoms with Crippen molar-refractivity contribution < 1.29 is 8.95 Å². The van der Waals surface area contributed by atoms with E-state index in [1.807, 2.05) is 18.2 Å². The van der Waals surface area contributed by atoms with E-state index in [1.54, 1.807) is 13.2 Å². The lowest BCUT2D eigenvalue weighted by Crippen LogP contribution is -2.38. The van der Waals surface area contributed by atoms with E-state index >= 15 is 0 Å². The second-order valence-electron chi connectivity index (χ2n) is 10.8. The lowest BCUT2D eigenvalue weighted by atomic mass is 9.98. The number of fused-ring (bicyclic) bond motifs is 3. The number of aromatic nitrogens is 1. The summed E-state index contributed by atoms with van der Waals surface area (Å²) >= 11 is 0. The number of rotatable bonds is 7. The molecule has 2 fully saturated rings. The fraction of sp³-hybridized carbons (Fsp3) is 0.414. The van der Waals surface area contributed by atoms with E-state index in [1.165, 1.54) is 21.7 Å². The molecule has 2 aromatic carbocycles.